The number of rotatable bonds is 0. The monoisotopic (exact) mass is 206 g/mol. The molecule has 4 heteroatoms. The molecular formula is C11H14N2O2. The summed E-state index contributed by atoms with van der Waals surface area (Å²) in [5.74, 6) is -1.27. The van der Waals surface area contributed by atoms with E-state index in [-0.39, 0.29) is 0 Å². The van der Waals surface area contributed by atoms with Crippen molar-refractivity contribution in [3.05, 3.63) is 29.8 Å². The Bertz CT molecular complexity index is 396. The molecule has 2 unspecified atom stereocenters. The van der Waals surface area contributed by atoms with Crippen LogP contribution in [0.4, 0.5) is 5.69 Å². The van der Waals surface area contributed by atoms with Gasteiger partial charge in [-0.05, 0) is 18.1 Å². The molecule has 0 aromatic heterocycles. The summed E-state index contributed by atoms with van der Waals surface area (Å²) in [5, 5.41) is 23.1. The van der Waals surface area contributed by atoms with Gasteiger partial charge >= 0.3 is 0 Å². The molecule has 1 saturated heterocycles. The van der Waals surface area contributed by atoms with Crippen molar-refractivity contribution in [1.82, 2.24) is 4.90 Å². The van der Waals surface area contributed by atoms with Crippen molar-refractivity contribution >= 4 is 5.69 Å². The molecule has 0 radical (unpaired) electrons. The number of hydrogen-bond donors (Lipinski definition) is 3. The van der Waals surface area contributed by atoms with Gasteiger partial charge in [-0.3, -0.25) is 4.90 Å². The first-order chi connectivity index (χ1) is 7.20. The number of nitrogens with zero attached hydrogens (tertiary/aromatic N) is 1. The topological polar surface area (TPSA) is 55.7 Å². The van der Waals surface area contributed by atoms with Gasteiger partial charge in [0, 0.05) is 18.8 Å². The third-order valence-electron chi connectivity index (χ3n) is 3.32. The summed E-state index contributed by atoms with van der Waals surface area (Å²) in [6.07, 6.45) is -0.108. The van der Waals surface area contributed by atoms with E-state index < -0.39 is 12.0 Å². The van der Waals surface area contributed by atoms with Crippen molar-refractivity contribution in [2.24, 2.45) is 0 Å². The molecule has 0 aliphatic carbocycles. The van der Waals surface area contributed by atoms with Crippen LogP contribution < -0.4 is 5.32 Å². The Hall–Kier alpha value is -1.10. The van der Waals surface area contributed by atoms with Gasteiger partial charge in [0.25, 0.3) is 0 Å². The smallest absolute Gasteiger partial charge is 0.223 e. The van der Waals surface area contributed by atoms with Crippen LogP contribution in [0.3, 0.4) is 0 Å². The van der Waals surface area contributed by atoms with E-state index in [2.05, 4.69) is 5.32 Å². The molecule has 1 aromatic carbocycles. The summed E-state index contributed by atoms with van der Waals surface area (Å²) in [4.78, 5) is 1.88. The zero-order valence-electron chi connectivity index (χ0n) is 8.35. The highest BCUT2D eigenvalue weighted by molar-refractivity contribution is 5.54. The lowest BCUT2D eigenvalue weighted by Gasteiger charge is -2.41. The maximum absolute atomic E-state index is 10.3. The average molecular weight is 206 g/mol. The van der Waals surface area contributed by atoms with E-state index in [0.29, 0.717) is 13.0 Å². The fourth-order valence-electron chi connectivity index (χ4n) is 2.41. The first-order valence-electron chi connectivity index (χ1n) is 5.22. The number of aliphatic hydroxyl groups is 2. The third kappa shape index (κ3) is 1.19. The van der Waals surface area contributed by atoms with Crippen LogP contribution in [0, 0.1) is 0 Å². The highest BCUT2D eigenvalue weighted by atomic mass is 16.4. The molecule has 0 amide bonds. The second kappa shape index (κ2) is 2.95. The SMILES string of the molecule is OC1CCN2Cc3ccccc3NC12O. The molecule has 80 valence electrons. The quantitative estimate of drug-likeness (QED) is 0.572. The zero-order valence-corrected chi connectivity index (χ0v) is 8.35. The maximum atomic E-state index is 10.3. The van der Waals surface area contributed by atoms with Crippen LogP contribution in [-0.2, 0) is 6.54 Å². The van der Waals surface area contributed by atoms with Gasteiger partial charge < -0.3 is 15.5 Å². The summed E-state index contributed by atoms with van der Waals surface area (Å²) in [6.45, 7) is 1.41. The lowest BCUT2D eigenvalue weighted by atomic mass is 10.1. The van der Waals surface area contributed by atoms with Crippen molar-refractivity contribution in [2.75, 3.05) is 11.9 Å². The Morgan fingerprint density at radius 3 is 3.07 bits per heavy atom. The molecule has 0 spiro atoms. The molecule has 15 heavy (non-hydrogen) atoms. The van der Waals surface area contributed by atoms with E-state index >= 15 is 0 Å². The second-order valence-corrected chi connectivity index (χ2v) is 4.23. The molecule has 0 saturated carbocycles. The van der Waals surface area contributed by atoms with Crippen LogP contribution in [0.15, 0.2) is 24.3 Å². The van der Waals surface area contributed by atoms with Gasteiger partial charge in [0.15, 0.2) is 0 Å². The number of nitrogens with one attached hydrogen (secondary N) is 1. The van der Waals surface area contributed by atoms with E-state index in [4.69, 9.17) is 0 Å². The summed E-state index contributed by atoms with van der Waals surface area (Å²) in [6, 6.07) is 7.87. The fraction of sp³-hybridized carbons (Fsp3) is 0.455. The molecule has 3 N–H and O–H groups in total. The molecule has 2 heterocycles. The number of para-hydroxylation sites is 1. The predicted molar refractivity (Wildman–Crippen MR) is 56.0 cm³/mol. The molecule has 2 aliphatic rings. The van der Waals surface area contributed by atoms with Crippen LogP contribution in [0.2, 0.25) is 0 Å². The largest absolute Gasteiger partial charge is 0.387 e. The van der Waals surface area contributed by atoms with Crippen molar-refractivity contribution in [2.45, 2.75) is 24.9 Å². The Balaban J connectivity index is 2.02. The highest BCUT2D eigenvalue weighted by Gasteiger charge is 2.49. The van der Waals surface area contributed by atoms with E-state index in [1.54, 1.807) is 0 Å². The van der Waals surface area contributed by atoms with Crippen LogP contribution in [0.5, 0.6) is 0 Å². The van der Waals surface area contributed by atoms with E-state index in [0.717, 1.165) is 17.8 Å². The van der Waals surface area contributed by atoms with Crippen molar-refractivity contribution in [3.63, 3.8) is 0 Å². The number of hydrogen-bond acceptors (Lipinski definition) is 4. The first-order valence-corrected chi connectivity index (χ1v) is 5.22. The van der Waals surface area contributed by atoms with Gasteiger partial charge in [-0.15, -0.1) is 0 Å². The Morgan fingerprint density at radius 2 is 2.20 bits per heavy atom. The third-order valence-corrected chi connectivity index (χ3v) is 3.32. The number of anilines is 1. The first kappa shape index (κ1) is 9.15. The number of benzene rings is 1. The van der Waals surface area contributed by atoms with E-state index in [1.165, 1.54) is 0 Å². The van der Waals surface area contributed by atoms with Gasteiger partial charge in [0.1, 0.15) is 6.10 Å². The van der Waals surface area contributed by atoms with Gasteiger partial charge in [-0.25, -0.2) is 0 Å². The summed E-state index contributed by atoms with van der Waals surface area (Å²) < 4.78 is 0. The van der Waals surface area contributed by atoms with Crippen molar-refractivity contribution < 1.29 is 10.2 Å². The summed E-state index contributed by atoms with van der Waals surface area (Å²) in [7, 11) is 0. The van der Waals surface area contributed by atoms with Gasteiger partial charge in [0.05, 0.1) is 0 Å². The molecule has 2 aliphatic heterocycles. The van der Waals surface area contributed by atoms with Gasteiger partial charge in [-0.2, -0.15) is 0 Å². The van der Waals surface area contributed by atoms with Crippen LogP contribution in [0.25, 0.3) is 0 Å². The summed E-state index contributed by atoms with van der Waals surface area (Å²) >= 11 is 0. The van der Waals surface area contributed by atoms with Crippen LogP contribution >= 0.6 is 0 Å². The predicted octanol–water partition coefficient (Wildman–Crippen LogP) is 0.325. The molecule has 4 nitrogen and oxygen atoms in total. The molecule has 1 aromatic rings. The molecule has 2 atom stereocenters. The minimum atomic E-state index is -1.27. The minimum absolute atomic E-state index is 0.609. The van der Waals surface area contributed by atoms with Crippen molar-refractivity contribution in [3.8, 4) is 0 Å². The van der Waals surface area contributed by atoms with Crippen LogP contribution in [0.1, 0.15) is 12.0 Å². The average Bonchev–Trinajstić information content (AvgIpc) is 2.52. The second-order valence-electron chi connectivity index (χ2n) is 4.23. The minimum Gasteiger partial charge on any atom is -0.387 e. The highest BCUT2D eigenvalue weighted by Crippen LogP contribution is 2.36. The molecule has 1 fully saturated rings. The number of fused-ring (bicyclic) bond motifs is 2. The molecule has 3 rings (SSSR count). The summed E-state index contributed by atoms with van der Waals surface area (Å²) in [5.41, 5.74) is 2.08. The zero-order chi connectivity index (χ0) is 10.5. The molecule has 0 bridgehead atoms. The van der Waals surface area contributed by atoms with E-state index in [9.17, 15) is 10.2 Å². The Kier molecular flexibility index (Phi) is 1.80. The van der Waals surface area contributed by atoms with Gasteiger partial charge in [0.2, 0.25) is 5.85 Å². The lowest BCUT2D eigenvalue weighted by molar-refractivity contribution is -0.125. The van der Waals surface area contributed by atoms with E-state index in [1.807, 2.05) is 29.2 Å². The maximum Gasteiger partial charge on any atom is 0.223 e. The Labute approximate surface area is 88.1 Å². The normalized spacial score (nSPS) is 34.4. The Morgan fingerprint density at radius 1 is 1.40 bits per heavy atom. The van der Waals surface area contributed by atoms with Crippen LogP contribution in [-0.4, -0.2) is 33.6 Å². The fourth-order valence-corrected chi connectivity index (χ4v) is 2.41. The lowest BCUT2D eigenvalue weighted by Crippen LogP contribution is -2.58. The standard InChI is InChI=1S/C11H14N2O2/c14-10-5-6-13-7-8-3-1-2-4-9(8)12-11(10,13)15/h1-4,10,12,14-15H,5-7H2. The molecular weight excluding hydrogens is 192 g/mol. The van der Waals surface area contributed by atoms with Gasteiger partial charge in [-0.1, -0.05) is 18.2 Å². The van der Waals surface area contributed by atoms with Crippen molar-refractivity contribution in [1.29, 1.82) is 0 Å². The number of aliphatic hydroxyl groups excluding tert-OH is 1.